The molecule has 0 saturated carbocycles. The van der Waals surface area contributed by atoms with Gasteiger partial charge in [-0.25, -0.2) is 0 Å². The van der Waals surface area contributed by atoms with E-state index in [0.29, 0.717) is 0 Å². The third-order valence-corrected chi connectivity index (χ3v) is 3.92. The number of hydrogen-bond acceptors (Lipinski definition) is 1. The van der Waals surface area contributed by atoms with Crippen LogP contribution in [0.3, 0.4) is 0 Å². The van der Waals surface area contributed by atoms with Crippen LogP contribution < -0.4 is 0 Å². The van der Waals surface area contributed by atoms with E-state index in [-0.39, 0.29) is 0 Å². The molecule has 1 aliphatic rings. The number of hydrogen-bond donors (Lipinski definition) is 0. The zero-order chi connectivity index (χ0) is 10.0. The molecule has 13 heavy (non-hydrogen) atoms. The third kappa shape index (κ3) is 2.25. The molecule has 0 bridgehead atoms. The van der Waals surface area contributed by atoms with Crippen molar-refractivity contribution < 1.29 is 0 Å². The second kappa shape index (κ2) is 4.45. The van der Waals surface area contributed by atoms with Gasteiger partial charge in [0.15, 0.2) is 0 Å². The highest BCUT2D eigenvalue weighted by molar-refractivity contribution is 4.87. The van der Waals surface area contributed by atoms with Crippen molar-refractivity contribution >= 4 is 0 Å². The van der Waals surface area contributed by atoms with Crippen LogP contribution in [0.25, 0.3) is 0 Å². The lowest BCUT2D eigenvalue weighted by Crippen LogP contribution is -2.51. The van der Waals surface area contributed by atoms with Crippen LogP contribution in [0.4, 0.5) is 0 Å². The zero-order valence-corrected chi connectivity index (χ0v) is 9.88. The van der Waals surface area contributed by atoms with Crippen molar-refractivity contribution in [1.82, 2.24) is 4.90 Å². The van der Waals surface area contributed by atoms with Gasteiger partial charge in [0.05, 0.1) is 0 Å². The summed E-state index contributed by atoms with van der Waals surface area (Å²) < 4.78 is 0. The van der Waals surface area contributed by atoms with Crippen molar-refractivity contribution in [2.24, 2.45) is 11.8 Å². The van der Waals surface area contributed by atoms with Crippen molar-refractivity contribution in [2.45, 2.75) is 59.5 Å². The molecule has 0 amide bonds. The first-order chi connectivity index (χ1) is 6.07. The van der Waals surface area contributed by atoms with Crippen molar-refractivity contribution in [3.8, 4) is 0 Å². The summed E-state index contributed by atoms with van der Waals surface area (Å²) in [5, 5.41) is 0. The molecule has 1 fully saturated rings. The summed E-state index contributed by atoms with van der Waals surface area (Å²) in [4.78, 5) is 2.69. The summed E-state index contributed by atoms with van der Waals surface area (Å²) in [5.74, 6) is 1.75. The average Bonchev–Trinajstić information content (AvgIpc) is 2.09. The van der Waals surface area contributed by atoms with Gasteiger partial charge in [0.1, 0.15) is 0 Å². The molecular weight excluding hydrogens is 158 g/mol. The van der Waals surface area contributed by atoms with Crippen LogP contribution in [-0.4, -0.2) is 23.5 Å². The third-order valence-electron chi connectivity index (χ3n) is 3.92. The van der Waals surface area contributed by atoms with Gasteiger partial charge >= 0.3 is 0 Å². The predicted molar refractivity (Wildman–Crippen MR) is 58.9 cm³/mol. The lowest BCUT2D eigenvalue weighted by molar-refractivity contribution is 0.0281. The Hall–Kier alpha value is -0.0400. The second-order valence-electron chi connectivity index (χ2n) is 4.91. The minimum Gasteiger partial charge on any atom is -0.297 e. The first-order valence-electron chi connectivity index (χ1n) is 5.83. The Balaban J connectivity index is 2.64. The molecule has 1 heteroatoms. The maximum atomic E-state index is 2.69. The monoisotopic (exact) mass is 183 g/mol. The molecule has 0 radical (unpaired) electrons. The Bertz CT molecular complexity index is 141. The fraction of sp³-hybridized carbons (Fsp3) is 1.00. The molecule has 0 aliphatic carbocycles. The smallest absolute Gasteiger partial charge is 0.00955 e. The molecule has 4 atom stereocenters. The van der Waals surface area contributed by atoms with E-state index in [4.69, 9.17) is 0 Å². The minimum absolute atomic E-state index is 0.783. The maximum absolute atomic E-state index is 2.69. The van der Waals surface area contributed by atoms with E-state index in [9.17, 15) is 0 Å². The first kappa shape index (κ1) is 11.0. The van der Waals surface area contributed by atoms with E-state index >= 15 is 0 Å². The highest BCUT2D eigenvalue weighted by Gasteiger charge is 2.33. The van der Waals surface area contributed by atoms with Crippen LogP contribution in [0, 0.1) is 11.8 Å². The first-order valence-corrected chi connectivity index (χ1v) is 5.83. The summed E-state index contributed by atoms with van der Waals surface area (Å²) >= 11 is 0. The molecule has 1 rings (SSSR count). The SMILES string of the molecule is CCCN1[C@H](C)[C@H](C)C[C@H](C)[C@@H]1C. The van der Waals surface area contributed by atoms with Crippen LogP contribution in [0.15, 0.2) is 0 Å². The summed E-state index contributed by atoms with van der Waals surface area (Å²) in [5.41, 5.74) is 0. The molecule has 0 N–H and O–H groups in total. The molecule has 1 saturated heterocycles. The van der Waals surface area contributed by atoms with Crippen LogP contribution in [0.5, 0.6) is 0 Å². The molecule has 0 spiro atoms. The average molecular weight is 183 g/mol. The molecule has 0 aromatic heterocycles. The van der Waals surface area contributed by atoms with Crippen LogP contribution in [0.1, 0.15) is 47.5 Å². The molecule has 1 heterocycles. The van der Waals surface area contributed by atoms with Gasteiger partial charge in [-0.1, -0.05) is 20.8 Å². The number of nitrogens with zero attached hydrogens (tertiary/aromatic N) is 1. The fourth-order valence-corrected chi connectivity index (χ4v) is 2.67. The summed E-state index contributed by atoms with van der Waals surface area (Å²) in [6.45, 7) is 13.1. The van der Waals surface area contributed by atoms with Crippen LogP contribution >= 0.6 is 0 Å². The van der Waals surface area contributed by atoms with Crippen LogP contribution in [0.2, 0.25) is 0 Å². The number of likely N-dealkylation sites (tertiary alicyclic amines) is 1. The van der Waals surface area contributed by atoms with Gasteiger partial charge in [-0.2, -0.15) is 0 Å². The zero-order valence-electron chi connectivity index (χ0n) is 9.88. The Morgan fingerprint density at radius 3 is 1.85 bits per heavy atom. The highest BCUT2D eigenvalue weighted by atomic mass is 15.2. The van der Waals surface area contributed by atoms with Crippen molar-refractivity contribution in [2.75, 3.05) is 6.54 Å². The fourth-order valence-electron chi connectivity index (χ4n) is 2.67. The van der Waals surface area contributed by atoms with Crippen molar-refractivity contribution in [3.05, 3.63) is 0 Å². The van der Waals surface area contributed by atoms with E-state index < -0.39 is 0 Å². The van der Waals surface area contributed by atoms with Gasteiger partial charge in [0, 0.05) is 12.1 Å². The summed E-state index contributed by atoms with van der Waals surface area (Å²) in [7, 11) is 0. The molecular formula is C12H25N. The summed E-state index contributed by atoms with van der Waals surface area (Å²) in [6, 6.07) is 1.57. The molecule has 78 valence electrons. The largest absolute Gasteiger partial charge is 0.297 e. The van der Waals surface area contributed by atoms with Crippen molar-refractivity contribution in [3.63, 3.8) is 0 Å². The van der Waals surface area contributed by atoms with Crippen LogP contribution in [-0.2, 0) is 0 Å². The minimum atomic E-state index is 0.783. The normalized spacial score (nSPS) is 42.2. The van der Waals surface area contributed by atoms with Gasteiger partial charge in [-0.3, -0.25) is 4.90 Å². The van der Waals surface area contributed by atoms with Crippen molar-refractivity contribution in [1.29, 1.82) is 0 Å². The topological polar surface area (TPSA) is 3.24 Å². The standard InChI is InChI=1S/C12H25N/c1-6-7-13-11(4)9(2)8-10(3)12(13)5/h9-12H,6-8H2,1-5H3/t9-,10+,11-,12+. The molecule has 0 aromatic rings. The summed E-state index contributed by atoms with van der Waals surface area (Å²) in [6.07, 6.45) is 2.69. The number of piperidine rings is 1. The van der Waals surface area contributed by atoms with E-state index in [1.54, 1.807) is 0 Å². The van der Waals surface area contributed by atoms with E-state index in [1.165, 1.54) is 19.4 Å². The van der Waals surface area contributed by atoms with Gasteiger partial charge in [0.25, 0.3) is 0 Å². The molecule has 0 aromatic carbocycles. The lowest BCUT2D eigenvalue weighted by Gasteiger charge is -2.46. The molecule has 1 aliphatic heterocycles. The van der Waals surface area contributed by atoms with Gasteiger partial charge < -0.3 is 0 Å². The quantitative estimate of drug-likeness (QED) is 0.635. The Morgan fingerprint density at radius 2 is 1.46 bits per heavy atom. The van der Waals surface area contributed by atoms with Gasteiger partial charge in [-0.15, -0.1) is 0 Å². The lowest BCUT2D eigenvalue weighted by atomic mass is 9.81. The van der Waals surface area contributed by atoms with Gasteiger partial charge in [0.2, 0.25) is 0 Å². The molecule has 1 nitrogen and oxygen atoms in total. The Morgan fingerprint density at radius 1 is 1.00 bits per heavy atom. The van der Waals surface area contributed by atoms with E-state index in [2.05, 4.69) is 39.5 Å². The van der Waals surface area contributed by atoms with E-state index in [1.807, 2.05) is 0 Å². The molecule has 0 unspecified atom stereocenters. The predicted octanol–water partition coefficient (Wildman–Crippen LogP) is 3.15. The second-order valence-corrected chi connectivity index (χ2v) is 4.91. The number of rotatable bonds is 2. The highest BCUT2D eigenvalue weighted by Crippen LogP contribution is 2.31. The van der Waals surface area contributed by atoms with E-state index in [0.717, 1.165) is 23.9 Å². The Labute approximate surface area is 83.5 Å². The Kier molecular flexibility index (Phi) is 3.78. The maximum Gasteiger partial charge on any atom is 0.00955 e. The van der Waals surface area contributed by atoms with Gasteiger partial charge in [-0.05, 0) is 45.1 Å².